The summed E-state index contributed by atoms with van der Waals surface area (Å²) in [4.78, 5) is 6.97. The fourth-order valence-corrected chi connectivity index (χ4v) is 3.36. The quantitative estimate of drug-likeness (QED) is 0.342. The van der Waals surface area contributed by atoms with E-state index < -0.39 is 0 Å². The monoisotopic (exact) mass is 500 g/mol. The fraction of sp³-hybridized carbons (Fsp3) is 0.450. The van der Waals surface area contributed by atoms with Gasteiger partial charge in [-0.15, -0.1) is 24.0 Å². The Bertz CT molecular complexity index is 788. The zero-order valence-corrected chi connectivity index (χ0v) is 18.9. The second-order valence-corrected chi connectivity index (χ2v) is 6.63. The Morgan fingerprint density at radius 1 is 1.18 bits per heavy atom. The van der Waals surface area contributed by atoms with Crippen molar-refractivity contribution in [1.82, 2.24) is 4.90 Å². The van der Waals surface area contributed by atoms with Gasteiger partial charge < -0.3 is 24.9 Å². The first-order chi connectivity index (χ1) is 13.1. The van der Waals surface area contributed by atoms with Gasteiger partial charge in [0, 0.05) is 11.8 Å². The molecule has 1 aliphatic rings. The van der Waals surface area contributed by atoms with Crippen LogP contribution in [-0.2, 0) is 0 Å². The number of furan rings is 1. The van der Waals surface area contributed by atoms with Crippen molar-refractivity contribution in [2.24, 2.45) is 10.7 Å². The number of nitrogens with zero attached hydrogens (tertiary/aromatic N) is 2. The molecule has 154 valence electrons. The number of guanidine groups is 1. The molecule has 1 unspecified atom stereocenters. The molecule has 1 aromatic carbocycles. The Hall–Kier alpha value is -1.94. The molecule has 0 aliphatic carbocycles. The summed E-state index contributed by atoms with van der Waals surface area (Å²) in [5.74, 6) is 3.51. The molecule has 1 fully saturated rings. The second-order valence-electron chi connectivity index (χ2n) is 6.63. The number of benzene rings is 1. The lowest BCUT2D eigenvalue weighted by Gasteiger charge is -2.24. The van der Waals surface area contributed by atoms with Crippen molar-refractivity contribution >= 4 is 35.6 Å². The number of nitrogens with two attached hydrogens (primary N) is 1. The van der Waals surface area contributed by atoms with E-state index in [0.29, 0.717) is 24.0 Å². The summed E-state index contributed by atoms with van der Waals surface area (Å²) in [6, 6.07) is 9.66. The Kier molecular flexibility index (Phi) is 8.43. The minimum absolute atomic E-state index is 0. The van der Waals surface area contributed by atoms with E-state index >= 15 is 0 Å². The van der Waals surface area contributed by atoms with Crippen molar-refractivity contribution in [3.05, 3.63) is 41.9 Å². The van der Waals surface area contributed by atoms with Crippen LogP contribution >= 0.6 is 24.0 Å². The molecule has 1 saturated heterocycles. The van der Waals surface area contributed by atoms with Crippen LogP contribution in [0.4, 0.5) is 5.69 Å². The van der Waals surface area contributed by atoms with Crippen LogP contribution in [0.15, 0.2) is 39.7 Å². The molecule has 1 atom stereocenters. The second kappa shape index (κ2) is 10.6. The third-order valence-electron chi connectivity index (χ3n) is 4.76. The maximum atomic E-state index is 6.12. The predicted octanol–water partition coefficient (Wildman–Crippen LogP) is 3.79. The molecule has 0 radical (unpaired) electrons. The highest BCUT2D eigenvalue weighted by Crippen LogP contribution is 2.30. The lowest BCUT2D eigenvalue weighted by molar-refractivity contribution is 0.219. The predicted molar refractivity (Wildman–Crippen MR) is 122 cm³/mol. The molecule has 0 saturated carbocycles. The topological polar surface area (TPSA) is 85.2 Å². The molecule has 8 heteroatoms. The lowest BCUT2D eigenvalue weighted by atomic mass is 10.2. The van der Waals surface area contributed by atoms with E-state index in [2.05, 4.69) is 15.2 Å². The van der Waals surface area contributed by atoms with Crippen LogP contribution in [0.25, 0.3) is 0 Å². The van der Waals surface area contributed by atoms with Gasteiger partial charge in [0.1, 0.15) is 11.5 Å². The van der Waals surface area contributed by atoms with Gasteiger partial charge in [-0.1, -0.05) is 0 Å². The van der Waals surface area contributed by atoms with Crippen LogP contribution in [0.2, 0.25) is 0 Å². The molecule has 3 N–H and O–H groups in total. The first-order valence-electron chi connectivity index (χ1n) is 9.20. The smallest absolute Gasteiger partial charge is 0.193 e. The normalized spacial score (nSPS) is 15.8. The zero-order valence-electron chi connectivity index (χ0n) is 16.6. The number of aryl methyl sites for hydroxylation is 1. The van der Waals surface area contributed by atoms with E-state index in [9.17, 15) is 0 Å². The van der Waals surface area contributed by atoms with E-state index in [1.807, 2.05) is 37.3 Å². The maximum absolute atomic E-state index is 6.12. The minimum atomic E-state index is 0. The number of nitrogens with one attached hydrogen (secondary N) is 1. The SMILES string of the molecule is COc1ccc(NC(N)=NCC(c2ccc(C)o2)N2CCCC2)cc1OC.I. The van der Waals surface area contributed by atoms with Crippen LogP contribution < -0.4 is 20.5 Å². The van der Waals surface area contributed by atoms with Gasteiger partial charge in [-0.25, -0.2) is 0 Å². The van der Waals surface area contributed by atoms with Crippen molar-refractivity contribution in [1.29, 1.82) is 0 Å². The number of ether oxygens (including phenoxy) is 2. The average molecular weight is 500 g/mol. The number of hydrogen-bond acceptors (Lipinski definition) is 5. The molecule has 3 rings (SSSR count). The molecule has 2 aromatic rings. The maximum Gasteiger partial charge on any atom is 0.193 e. The number of halogens is 1. The van der Waals surface area contributed by atoms with E-state index in [1.54, 1.807) is 14.2 Å². The van der Waals surface area contributed by atoms with Gasteiger partial charge in [-0.3, -0.25) is 9.89 Å². The first-order valence-corrected chi connectivity index (χ1v) is 9.20. The molecular formula is C20H29IN4O3. The molecule has 28 heavy (non-hydrogen) atoms. The number of aliphatic imine (C=N–C) groups is 1. The third-order valence-corrected chi connectivity index (χ3v) is 4.76. The molecule has 0 bridgehead atoms. The first kappa shape index (κ1) is 22.4. The molecule has 2 heterocycles. The molecular weight excluding hydrogens is 471 g/mol. The Morgan fingerprint density at radius 3 is 2.50 bits per heavy atom. The van der Waals surface area contributed by atoms with Crippen LogP contribution in [0, 0.1) is 6.92 Å². The number of rotatable bonds is 7. The number of methoxy groups -OCH3 is 2. The molecule has 0 spiro atoms. The molecule has 7 nitrogen and oxygen atoms in total. The lowest BCUT2D eigenvalue weighted by Crippen LogP contribution is -2.30. The number of anilines is 1. The zero-order chi connectivity index (χ0) is 19.2. The van der Waals surface area contributed by atoms with Crippen molar-refractivity contribution in [2.75, 3.05) is 39.2 Å². The van der Waals surface area contributed by atoms with Crippen molar-refractivity contribution in [3.8, 4) is 11.5 Å². The Labute approximate surface area is 183 Å². The van der Waals surface area contributed by atoms with E-state index in [4.69, 9.17) is 19.6 Å². The Morgan fingerprint density at radius 2 is 1.89 bits per heavy atom. The minimum Gasteiger partial charge on any atom is -0.493 e. The van der Waals surface area contributed by atoms with Gasteiger partial charge in [-0.2, -0.15) is 0 Å². The van der Waals surface area contributed by atoms with Gasteiger partial charge >= 0.3 is 0 Å². The van der Waals surface area contributed by atoms with Crippen molar-refractivity contribution < 1.29 is 13.9 Å². The van der Waals surface area contributed by atoms with Crippen LogP contribution in [0.3, 0.4) is 0 Å². The number of likely N-dealkylation sites (tertiary alicyclic amines) is 1. The van der Waals surface area contributed by atoms with E-state index in [1.165, 1.54) is 12.8 Å². The highest BCUT2D eigenvalue weighted by molar-refractivity contribution is 14.0. The summed E-state index contributed by atoms with van der Waals surface area (Å²) in [5, 5.41) is 3.11. The summed E-state index contributed by atoms with van der Waals surface area (Å²) >= 11 is 0. The van der Waals surface area contributed by atoms with Crippen LogP contribution in [0.5, 0.6) is 11.5 Å². The fourth-order valence-electron chi connectivity index (χ4n) is 3.36. The summed E-state index contributed by atoms with van der Waals surface area (Å²) in [6.07, 6.45) is 2.42. The number of hydrogen-bond donors (Lipinski definition) is 2. The highest BCUT2D eigenvalue weighted by atomic mass is 127. The summed E-state index contributed by atoms with van der Waals surface area (Å²) in [6.45, 7) is 4.62. The average Bonchev–Trinajstić information content (AvgIpc) is 3.34. The summed E-state index contributed by atoms with van der Waals surface area (Å²) < 4.78 is 16.4. The van der Waals surface area contributed by atoms with Gasteiger partial charge in [0.15, 0.2) is 17.5 Å². The van der Waals surface area contributed by atoms with Gasteiger partial charge in [0.2, 0.25) is 0 Å². The van der Waals surface area contributed by atoms with Crippen molar-refractivity contribution in [2.45, 2.75) is 25.8 Å². The summed E-state index contributed by atoms with van der Waals surface area (Å²) in [5.41, 5.74) is 6.91. The Balaban J connectivity index is 0.00000280. The standard InChI is InChI=1S/C20H28N4O3.HI/c1-14-6-8-17(27-14)16(24-10-4-5-11-24)13-22-20(21)23-15-7-9-18(25-2)19(12-15)26-3;/h6-9,12,16H,4-5,10-11,13H2,1-3H3,(H3,21,22,23);1H. The van der Waals surface area contributed by atoms with E-state index in [0.717, 1.165) is 30.3 Å². The van der Waals surface area contributed by atoms with Crippen LogP contribution in [-0.4, -0.2) is 44.7 Å². The van der Waals surface area contributed by atoms with Crippen LogP contribution in [0.1, 0.15) is 30.4 Å². The summed E-state index contributed by atoms with van der Waals surface area (Å²) in [7, 11) is 3.21. The highest BCUT2D eigenvalue weighted by Gasteiger charge is 2.25. The molecule has 1 aliphatic heterocycles. The molecule has 1 aromatic heterocycles. The van der Waals surface area contributed by atoms with Gasteiger partial charge in [0.25, 0.3) is 0 Å². The third kappa shape index (κ3) is 5.54. The van der Waals surface area contributed by atoms with Gasteiger partial charge in [-0.05, 0) is 57.1 Å². The van der Waals surface area contributed by atoms with Crippen molar-refractivity contribution in [3.63, 3.8) is 0 Å². The largest absolute Gasteiger partial charge is 0.493 e. The molecule has 0 amide bonds. The van der Waals surface area contributed by atoms with Gasteiger partial charge in [0.05, 0.1) is 26.8 Å². The van der Waals surface area contributed by atoms with E-state index in [-0.39, 0.29) is 30.0 Å².